The molecule has 2 aromatic carbocycles. The number of aryl methyl sites for hydroxylation is 1. The Morgan fingerprint density at radius 1 is 1.04 bits per heavy atom. The second kappa shape index (κ2) is 9.08. The van der Waals surface area contributed by atoms with Crippen molar-refractivity contribution in [2.45, 2.75) is 32.3 Å². The summed E-state index contributed by atoms with van der Waals surface area (Å²) >= 11 is 0. The van der Waals surface area contributed by atoms with E-state index >= 15 is 0 Å². The van der Waals surface area contributed by atoms with Crippen molar-refractivity contribution in [2.24, 2.45) is 0 Å². The maximum Gasteiger partial charge on any atom is 0.220 e. The van der Waals surface area contributed by atoms with Gasteiger partial charge in [0.15, 0.2) is 5.78 Å². The molecule has 2 rings (SSSR count). The number of aliphatic hydroxyl groups excluding tert-OH is 1. The van der Waals surface area contributed by atoms with E-state index in [4.69, 9.17) is 0 Å². The summed E-state index contributed by atoms with van der Waals surface area (Å²) in [6.45, 7) is 2.06. The molecule has 1 amide bonds. The Morgan fingerprint density at radius 3 is 2.28 bits per heavy atom. The highest BCUT2D eigenvalue weighted by Gasteiger charge is 2.12. The van der Waals surface area contributed by atoms with Crippen LogP contribution in [0.4, 0.5) is 4.39 Å². The number of hydrogen-bond donors (Lipinski definition) is 2. The van der Waals surface area contributed by atoms with Crippen molar-refractivity contribution in [3.63, 3.8) is 0 Å². The third-order valence-corrected chi connectivity index (χ3v) is 4.01. The molecule has 2 aromatic rings. The number of Topliss-reactive ketones (excluding diaryl/α,β-unsaturated/α-hetero) is 1. The van der Waals surface area contributed by atoms with Crippen molar-refractivity contribution in [2.75, 3.05) is 6.54 Å². The molecule has 1 atom stereocenters. The summed E-state index contributed by atoms with van der Waals surface area (Å²) in [4.78, 5) is 23.9. The number of carbonyl (C=O) groups is 2. The number of carbonyl (C=O) groups excluding carboxylic acids is 2. The number of halogens is 1. The molecule has 1 unspecified atom stereocenters. The van der Waals surface area contributed by atoms with Gasteiger partial charge in [0.1, 0.15) is 5.82 Å². The van der Waals surface area contributed by atoms with Crippen molar-refractivity contribution < 1.29 is 19.1 Å². The van der Waals surface area contributed by atoms with E-state index in [0.717, 1.165) is 12.0 Å². The van der Waals surface area contributed by atoms with Gasteiger partial charge in [-0.05, 0) is 29.7 Å². The van der Waals surface area contributed by atoms with E-state index in [0.29, 0.717) is 11.1 Å². The van der Waals surface area contributed by atoms with Gasteiger partial charge in [0.25, 0.3) is 0 Å². The summed E-state index contributed by atoms with van der Waals surface area (Å²) in [5.41, 5.74) is 2.27. The van der Waals surface area contributed by atoms with Gasteiger partial charge in [0.2, 0.25) is 5.91 Å². The summed E-state index contributed by atoms with van der Waals surface area (Å²) in [5.74, 6) is -0.776. The summed E-state index contributed by atoms with van der Waals surface area (Å²) in [5, 5.41) is 12.5. The smallest absolute Gasteiger partial charge is 0.220 e. The molecule has 0 aliphatic carbocycles. The van der Waals surface area contributed by atoms with Gasteiger partial charge < -0.3 is 10.4 Å². The fourth-order valence-electron chi connectivity index (χ4n) is 2.40. The Bertz CT molecular complexity index is 711. The number of benzene rings is 2. The summed E-state index contributed by atoms with van der Waals surface area (Å²) in [7, 11) is 0. The van der Waals surface area contributed by atoms with E-state index in [1.54, 1.807) is 12.1 Å². The Balaban J connectivity index is 1.76. The van der Waals surface area contributed by atoms with Crippen LogP contribution in [0.5, 0.6) is 0 Å². The average Bonchev–Trinajstić information content (AvgIpc) is 2.64. The predicted octanol–water partition coefficient (Wildman–Crippen LogP) is 3.20. The minimum Gasteiger partial charge on any atom is -0.387 e. The molecule has 2 N–H and O–H groups in total. The SMILES string of the molecule is CCc1ccc(C(=O)CCC(=O)NCC(O)c2ccc(F)cc2)cc1. The maximum absolute atomic E-state index is 12.8. The largest absolute Gasteiger partial charge is 0.387 e. The Hall–Kier alpha value is -2.53. The Labute approximate surface area is 146 Å². The molecular weight excluding hydrogens is 321 g/mol. The highest BCUT2D eigenvalue weighted by molar-refractivity contribution is 5.97. The second-order valence-electron chi connectivity index (χ2n) is 5.85. The van der Waals surface area contributed by atoms with Crippen LogP contribution in [0.15, 0.2) is 48.5 Å². The highest BCUT2D eigenvalue weighted by Crippen LogP contribution is 2.13. The number of rotatable bonds is 8. The first-order valence-corrected chi connectivity index (χ1v) is 8.32. The molecule has 132 valence electrons. The first kappa shape index (κ1) is 18.8. The third kappa shape index (κ3) is 5.80. The summed E-state index contributed by atoms with van der Waals surface area (Å²) in [6.07, 6.45) is 0.170. The predicted molar refractivity (Wildman–Crippen MR) is 93.8 cm³/mol. The van der Waals surface area contributed by atoms with Crippen LogP contribution in [0.3, 0.4) is 0 Å². The second-order valence-corrected chi connectivity index (χ2v) is 5.85. The van der Waals surface area contributed by atoms with Gasteiger partial charge in [0, 0.05) is 24.9 Å². The van der Waals surface area contributed by atoms with Gasteiger partial charge in [-0.15, -0.1) is 0 Å². The van der Waals surface area contributed by atoms with Crippen LogP contribution in [0.25, 0.3) is 0 Å². The lowest BCUT2D eigenvalue weighted by molar-refractivity contribution is -0.121. The zero-order valence-corrected chi connectivity index (χ0v) is 14.2. The minimum absolute atomic E-state index is 0.0177. The monoisotopic (exact) mass is 343 g/mol. The van der Waals surface area contributed by atoms with Crippen molar-refractivity contribution in [1.29, 1.82) is 0 Å². The van der Waals surface area contributed by atoms with Gasteiger partial charge in [-0.25, -0.2) is 4.39 Å². The van der Waals surface area contributed by atoms with Crippen LogP contribution in [-0.4, -0.2) is 23.3 Å². The van der Waals surface area contributed by atoms with Gasteiger partial charge in [-0.1, -0.05) is 43.3 Å². The van der Waals surface area contributed by atoms with E-state index < -0.39 is 6.10 Å². The number of ketones is 1. The topological polar surface area (TPSA) is 66.4 Å². The lowest BCUT2D eigenvalue weighted by Crippen LogP contribution is -2.28. The fourth-order valence-corrected chi connectivity index (χ4v) is 2.40. The summed E-state index contributed by atoms with van der Waals surface area (Å²) in [6, 6.07) is 12.8. The van der Waals surface area contributed by atoms with Gasteiger partial charge in [-0.3, -0.25) is 9.59 Å². The van der Waals surface area contributed by atoms with Gasteiger partial charge >= 0.3 is 0 Å². The normalized spacial score (nSPS) is 11.8. The molecule has 0 spiro atoms. The highest BCUT2D eigenvalue weighted by atomic mass is 19.1. The van der Waals surface area contributed by atoms with Crippen LogP contribution in [0.2, 0.25) is 0 Å². The summed E-state index contributed by atoms with van der Waals surface area (Å²) < 4.78 is 12.8. The molecule has 0 saturated heterocycles. The van der Waals surface area contributed by atoms with Crippen LogP contribution < -0.4 is 5.32 Å². The third-order valence-electron chi connectivity index (χ3n) is 4.01. The van der Waals surface area contributed by atoms with Gasteiger partial charge in [0.05, 0.1) is 6.10 Å². The van der Waals surface area contributed by atoms with E-state index in [1.807, 2.05) is 19.1 Å². The van der Waals surface area contributed by atoms with E-state index in [-0.39, 0.29) is 36.9 Å². The fraction of sp³-hybridized carbons (Fsp3) is 0.300. The zero-order valence-electron chi connectivity index (χ0n) is 14.2. The first-order valence-electron chi connectivity index (χ1n) is 8.32. The van der Waals surface area contributed by atoms with Crippen LogP contribution >= 0.6 is 0 Å². The number of hydrogen-bond acceptors (Lipinski definition) is 3. The lowest BCUT2D eigenvalue weighted by atomic mass is 10.0. The zero-order chi connectivity index (χ0) is 18.2. The molecule has 0 aromatic heterocycles. The van der Waals surface area contributed by atoms with Crippen molar-refractivity contribution in [3.05, 3.63) is 71.0 Å². The minimum atomic E-state index is -0.915. The van der Waals surface area contributed by atoms with Crippen molar-refractivity contribution in [1.82, 2.24) is 5.32 Å². The molecule has 25 heavy (non-hydrogen) atoms. The molecule has 0 radical (unpaired) electrons. The molecule has 0 fully saturated rings. The Kier molecular flexibility index (Phi) is 6.83. The van der Waals surface area contributed by atoms with Crippen LogP contribution in [0.1, 0.15) is 47.4 Å². The van der Waals surface area contributed by atoms with Crippen LogP contribution in [-0.2, 0) is 11.2 Å². The van der Waals surface area contributed by atoms with E-state index in [9.17, 15) is 19.1 Å². The first-order chi connectivity index (χ1) is 12.0. The number of aliphatic hydroxyl groups is 1. The number of amides is 1. The van der Waals surface area contributed by atoms with Crippen molar-refractivity contribution >= 4 is 11.7 Å². The lowest BCUT2D eigenvalue weighted by Gasteiger charge is -2.12. The molecule has 0 saturated carbocycles. The maximum atomic E-state index is 12.8. The molecule has 4 nitrogen and oxygen atoms in total. The van der Waals surface area contributed by atoms with Crippen molar-refractivity contribution in [3.8, 4) is 0 Å². The van der Waals surface area contributed by atoms with Crippen LogP contribution in [0, 0.1) is 5.82 Å². The molecule has 5 heteroatoms. The Morgan fingerprint density at radius 2 is 1.68 bits per heavy atom. The molecule has 0 heterocycles. The molecule has 0 bridgehead atoms. The van der Waals surface area contributed by atoms with E-state index in [1.165, 1.54) is 24.3 Å². The molecule has 0 aliphatic heterocycles. The average molecular weight is 343 g/mol. The molecular formula is C20H22FNO3. The van der Waals surface area contributed by atoms with Gasteiger partial charge in [-0.2, -0.15) is 0 Å². The molecule has 0 aliphatic rings. The standard InChI is InChI=1S/C20H22FNO3/c1-2-14-3-5-15(6-4-14)18(23)11-12-20(25)22-13-19(24)16-7-9-17(21)10-8-16/h3-10,19,24H,2,11-13H2,1H3,(H,22,25). The number of nitrogens with one attached hydrogen (secondary N) is 1. The quantitative estimate of drug-likeness (QED) is 0.724. The van der Waals surface area contributed by atoms with E-state index in [2.05, 4.69) is 5.32 Å².